The molecule has 2 heteroatoms. The molecule has 2 aliphatic carbocycles. The molecule has 0 radical (unpaired) electrons. The van der Waals surface area contributed by atoms with Crippen LogP contribution in [0.4, 0.5) is 0 Å². The van der Waals surface area contributed by atoms with Crippen LogP contribution in [0.25, 0.3) is 0 Å². The minimum atomic E-state index is 0.357. The SMILES string of the molecule is N[C@H]1C[C@]12CCc1cccc(Br)c12. The molecular weight excluding hydrogens is 226 g/mol. The first-order valence-electron chi connectivity index (χ1n) is 4.77. The standard InChI is InChI=1S/C11H12BrN/c12-8-3-1-2-7-4-5-11(10(7)8)6-9(11)13/h1-3,9H,4-6,13H2/t9-,11+/m0/s1. The molecule has 1 fully saturated rings. The fourth-order valence-corrected chi connectivity index (χ4v) is 3.53. The van der Waals surface area contributed by atoms with Gasteiger partial charge in [-0.3, -0.25) is 0 Å². The molecule has 2 atom stereocenters. The Morgan fingerprint density at radius 1 is 1.46 bits per heavy atom. The number of rotatable bonds is 0. The van der Waals surface area contributed by atoms with Gasteiger partial charge < -0.3 is 5.73 Å². The summed E-state index contributed by atoms with van der Waals surface area (Å²) in [5, 5.41) is 0. The van der Waals surface area contributed by atoms with Crippen LogP contribution < -0.4 is 5.73 Å². The molecule has 1 spiro atoms. The first kappa shape index (κ1) is 8.01. The Morgan fingerprint density at radius 3 is 2.92 bits per heavy atom. The van der Waals surface area contributed by atoms with E-state index in [4.69, 9.17) is 5.73 Å². The van der Waals surface area contributed by atoms with Crippen LogP contribution in [0.5, 0.6) is 0 Å². The molecule has 0 aliphatic heterocycles. The third kappa shape index (κ3) is 0.906. The predicted molar refractivity (Wildman–Crippen MR) is 56.7 cm³/mol. The van der Waals surface area contributed by atoms with Gasteiger partial charge in [0.1, 0.15) is 0 Å². The van der Waals surface area contributed by atoms with Crippen LogP contribution in [0, 0.1) is 0 Å². The number of hydrogen-bond donors (Lipinski definition) is 1. The molecule has 0 heterocycles. The molecule has 0 aromatic heterocycles. The first-order valence-corrected chi connectivity index (χ1v) is 5.57. The van der Waals surface area contributed by atoms with Crippen molar-refractivity contribution in [2.45, 2.75) is 30.7 Å². The summed E-state index contributed by atoms with van der Waals surface area (Å²) < 4.78 is 1.26. The van der Waals surface area contributed by atoms with Crippen molar-refractivity contribution in [3.8, 4) is 0 Å². The van der Waals surface area contributed by atoms with E-state index in [-0.39, 0.29) is 0 Å². The van der Waals surface area contributed by atoms with E-state index in [1.54, 1.807) is 0 Å². The minimum absolute atomic E-state index is 0.357. The Bertz CT molecular complexity index is 374. The Kier molecular flexibility index (Phi) is 1.46. The van der Waals surface area contributed by atoms with Crippen molar-refractivity contribution in [1.82, 2.24) is 0 Å². The summed E-state index contributed by atoms with van der Waals surface area (Å²) in [6.45, 7) is 0. The molecule has 13 heavy (non-hydrogen) atoms. The maximum Gasteiger partial charge on any atom is 0.0216 e. The highest BCUT2D eigenvalue weighted by Crippen LogP contribution is 2.57. The van der Waals surface area contributed by atoms with E-state index in [9.17, 15) is 0 Å². The summed E-state index contributed by atoms with van der Waals surface area (Å²) in [5.41, 5.74) is 9.39. The van der Waals surface area contributed by atoms with Crippen LogP contribution in [0.2, 0.25) is 0 Å². The molecule has 0 saturated heterocycles. The lowest BCUT2D eigenvalue weighted by molar-refractivity contribution is 0.649. The van der Waals surface area contributed by atoms with Crippen molar-refractivity contribution < 1.29 is 0 Å². The fourth-order valence-electron chi connectivity index (χ4n) is 2.73. The number of fused-ring (bicyclic) bond motifs is 2. The van der Waals surface area contributed by atoms with E-state index in [2.05, 4.69) is 34.1 Å². The summed E-state index contributed by atoms with van der Waals surface area (Å²) in [7, 11) is 0. The topological polar surface area (TPSA) is 26.0 Å². The highest BCUT2D eigenvalue weighted by molar-refractivity contribution is 9.10. The molecule has 2 N–H and O–H groups in total. The zero-order valence-electron chi connectivity index (χ0n) is 7.39. The smallest absolute Gasteiger partial charge is 0.0216 e. The quantitative estimate of drug-likeness (QED) is 0.737. The van der Waals surface area contributed by atoms with Gasteiger partial charge in [-0.15, -0.1) is 0 Å². The lowest BCUT2D eigenvalue weighted by Crippen LogP contribution is -2.15. The Balaban J connectivity index is 2.21. The Labute approximate surface area is 86.5 Å². The predicted octanol–water partition coefficient (Wildman–Crippen LogP) is 2.36. The zero-order valence-corrected chi connectivity index (χ0v) is 8.97. The second-order valence-corrected chi connectivity index (χ2v) is 5.10. The van der Waals surface area contributed by atoms with E-state index < -0.39 is 0 Å². The maximum atomic E-state index is 6.03. The van der Waals surface area contributed by atoms with E-state index in [0.29, 0.717) is 11.5 Å². The second kappa shape index (κ2) is 2.37. The average Bonchev–Trinajstić information content (AvgIpc) is 2.58. The van der Waals surface area contributed by atoms with E-state index >= 15 is 0 Å². The van der Waals surface area contributed by atoms with E-state index in [1.165, 1.54) is 34.9 Å². The molecule has 2 aliphatic rings. The summed E-state index contributed by atoms with van der Waals surface area (Å²) in [4.78, 5) is 0. The largest absolute Gasteiger partial charge is 0.327 e. The number of nitrogens with two attached hydrogens (primary N) is 1. The molecule has 0 unspecified atom stereocenters. The average molecular weight is 238 g/mol. The van der Waals surface area contributed by atoms with Gasteiger partial charge in [-0.2, -0.15) is 0 Å². The van der Waals surface area contributed by atoms with Gasteiger partial charge in [-0.05, 0) is 36.5 Å². The van der Waals surface area contributed by atoms with Gasteiger partial charge in [0.05, 0.1) is 0 Å². The maximum absolute atomic E-state index is 6.03. The van der Waals surface area contributed by atoms with Gasteiger partial charge in [0.2, 0.25) is 0 Å². The van der Waals surface area contributed by atoms with Gasteiger partial charge in [-0.1, -0.05) is 28.1 Å². The summed E-state index contributed by atoms with van der Waals surface area (Å²) >= 11 is 3.63. The Hall–Kier alpha value is -0.340. The van der Waals surface area contributed by atoms with E-state index in [0.717, 1.165) is 0 Å². The number of halogens is 1. The summed E-state index contributed by atoms with van der Waals surface area (Å²) in [6, 6.07) is 6.90. The van der Waals surface area contributed by atoms with Crippen molar-refractivity contribution in [3.05, 3.63) is 33.8 Å². The van der Waals surface area contributed by atoms with Crippen LogP contribution in [-0.2, 0) is 11.8 Å². The Morgan fingerprint density at radius 2 is 2.23 bits per heavy atom. The number of hydrogen-bond acceptors (Lipinski definition) is 1. The molecule has 3 rings (SSSR count). The molecule has 1 nitrogen and oxygen atoms in total. The highest BCUT2D eigenvalue weighted by atomic mass is 79.9. The number of aryl methyl sites for hydroxylation is 1. The fraction of sp³-hybridized carbons (Fsp3) is 0.455. The molecule has 1 aromatic rings. The van der Waals surface area contributed by atoms with Crippen LogP contribution in [0.1, 0.15) is 24.0 Å². The van der Waals surface area contributed by atoms with Crippen LogP contribution in [0.3, 0.4) is 0 Å². The zero-order chi connectivity index (χ0) is 9.05. The minimum Gasteiger partial charge on any atom is -0.327 e. The van der Waals surface area contributed by atoms with Crippen molar-refractivity contribution >= 4 is 15.9 Å². The highest BCUT2D eigenvalue weighted by Gasteiger charge is 2.56. The van der Waals surface area contributed by atoms with Gasteiger partial charge in [-0.25, -0.2) is 0 Å². The third-order valence-corrected chi connectivity index (χ3v) is 4.23. The van der Waals surface area contributed by atoms with E-state index in [1.807, 2.05) is 0 Å². The van der Waals surface area contributed by atoms with Gasteiger partial charge >= 0.3 is 0 Å². The van der Waals surface area contributed by atoms with Gasteiger partial charge in [0.15, 0.2) is 0 Å². The molecule has 1 aromatic carbocycles. The lowest BCUT2D eigenvalue weighted by atomic mass is 9.98. The van der Waals surface area contributed by atoms with Crippen LogP contribution in [-0.4, -0.2) is 6.04 Å². The monoisotopic (exact) mass is 237 g/mol. The molecule has 0 amide bonds. The third-order valence-electron chi connectivity index (χ3n) is 3.57. The molecule has 1 saturated carbocycles. The molecule has 0 bridgehead atoms. The van der Waals surface area contributed by atoms with Crippen molar-refractivity contribution in [1.29, 1.82) is 0 Å². The van der Waals surface area contributed by atoms with Crippen molar-refractivity contribution in [3.63, 3.8) is 0 Å². The van der Waals surface area contributed by atoms with Crippen molar-refractivity contribution in [2.75, 3.05) is 0 Å². The van der Waals surface area contributed by atoms with Gasteiger partial charge in [0, 0.05) is 15.9 Å². The second-order valence-electron chi connectivity index (χ2n) is 4.24. The van der Waals surface area contributed by atoms with Gasteiger partial charge in [0.25, 0.3) is 0 Å². The first-order chi connectivity index (χ1) is 6.24. The summed E-state index contributed by atoms with van der Waals surface area (Å²) in [5.74, 6) is 0. The summed E-state index contributed by atoms with van der Waals surface area (Å²) in [6.07, 6.45) is 3.65. The van der Waals surface area contributed by atoms with Crippen molar-refractivity contribution in [2.24, 2.45) is 5.73 Å². The molecule has 68 valence electrons. The normalized spacial score (nSPS) is 35.1. The lowest BCUT2D eigenvalue weighted by Gasteiger charge is -2.11. The van der Waals surface area contributed by atoms with Crippen LogP contribution in [0.15, 0.2) is 22.7 Å². The number of benzene rings is 1. The van der Waals surface area contributed by atoms with Crippen LogP contribution >= 0.6 is 15.9 Å². The molecular formula is C11H12BrN.